The van der Waals surface area contributed by atoms with E-state index >= 15 is 0 Å². The molecule has 0 spiro atoms. The first-order chi connectivity index (χ1) is 9.54. The first kappa shape index (κ1) is 15.2. The molecule has 0 aliphatic rings. The Bertz CT molecular complexity index is 558. The number of hydrogen-bond donors (Lipinski definition) is 3. The lowest BCUT2D eigenvalue weighted by Gasteiger charge is -2.08. The number of imide groups is 1. The predicted octanol–water partition coefficient (Wildman–Crippen LogP) is 0.811. The van der Waals surface area contributed by atoms with Crippen LogP contribution in [0.2, 0.25) is 0 Å². The number of nitrogens with two attached hydrogens (primary N) is 1. The van der Waals surface area contributed by atoms with Crippen LogP contribution in [0.3, 0.4) is 0 Å². The molecule has 20 heavy (non-hydrogen) atoms. The Balaban J connectivity index is 2.60. The summed E-state index contributed by atoms with van der Waals surface area (Å²) in [6, 6.07) is 10.6. The molecule has 0 aliphatic heterocycles. The lowest BCUT2D eigenvalue weighted by atomic mass is 10.1. The number of hydrogen-bond acceptors (Lipinski definition) is 4. The number of nitrogens with zero attached hydrogens (tertiary/aromatic N) is 1. The van der Waals surface area contributed by atoms with Crippen LogP contribution < -0.4 is 16.4 Å². The van der Waals surface area contributed by atoms with Crippen molar-refractivity contribution in [2.24, 2.45) is 5.73 Å². The van der Waals surface area contributed by atoms with Gasteiger partial charge in [-0.1, -0.05) is 30.3 Å². The number of nitrogens with one attached hydrogen (secondary N) is 2. The zero-order valence-corrected chi connectivity index (χ0v) is 11.1. The SMILES string of the molecule is C/C(NCCc1ccccc1)=C(/C#N)C(=O)NC(N)=O. The second-order valence-corrected chi connectivity index (χ2v) is 4.09. The van der Waals surface area contributed by atoms with Gasteiger partial charge >= 0.3 is 6.03 Å². The van der Waals surface area contributed by atoms with Gasteiger partial charge in [0, 0.05) is 12.2 Å². The fourth-order valence-corrected chi connectivity index (χ4v) is 1.61. The summed E-state index contributed by atoms with van der Waals surface area (Å²) in [7, 11) is 0. The third-order valence-electron chi connectivity index (χ3n) is 2.60. The van der Waals surface area contributed by atoms with Crippen LogP contribution in [0.4, 0.5) is 4.79 Å². The van der Waals surface area contributed by atoms with E-state index in [-0.39, 0.29) is 5.57 Å². The summed E-state index contributed by atoms with van der Waals surface area (Å²) in [6.07, 6.45) is 0.758. The largest absolute Gasteiger partial charge is 0.387 e. The zero-order chi connectivity index (χ0) is 15.0. The smallest absolute Gasteiger partial charge is 0.319 e. The molecule has 0 saturated carbocycles. The highest BCUT2D eigenvalue weighted by Crippen LogP contribution is 2.02. The fraction of sp³-hybridized carbons (Fsp3) is 0.214. The molecule has 0 radical (unpaired) electrons. The van der Waals surface area contributed by atoms with E-state index in [1.807, 2.05) is 35.6 Å². The van der Waals surface area contributed by atoms with Crippen LogP contribution >= 0.6 is 0 Å². The van der Waals surface area contributed by atoms with E-state index in [0.29, 0.717) is 12.2 Å². The lowest BCUT2D eigenvalue weighted by molar-refractivity contribution is -0.116. The van der Waals surface area contributed by atoms with Gasteiger partial charge in [0.1, 0.15) is 11.6 Å². The number of amides is 3. The molecule has 4 N–H and O–H groups in total. The molecule has 0 fully saturated rings. The number of carbonyl (C=O) groups is 2. The maximum atomic E-state index is 11.5. The first-order valence-electron chi connectivity index (χ1n) is 6.04. The van der Waals surface area contributed by atoms with E-state index in [2.05, 4.69) is 5.32 Å². The second kappa shape index (κ2) is 7.59. The van der Waals surface area contributed by atoms with Gasteiger partial charge < -0.3 is 11.1 Å². The Hall–Kier alpha value is -2.81. The van der Waals surface area contributed by atoms with Crippen LogP contribution in [-0.4, -0.2) is 18.5 Å². The summed E-state index contributed by atoms with van der Waals surface area (Å²) >= 11 is 0. The van der Waals surface area contributed by atoms with Crippen LogP contribution in [0.25, 0.3) is 0 Å². The van der Waals surface area contributed by atoms with Crippen molar-refractivity contribution in [2.75, 3.05) is 6.54 Å². The Morgan fingerprint density at radius 2 is 1.95 bits per heavy atom. The molecule has 6 nitrogen and oxygen atoms in total. The molecule has 104 valence electrons. The Labute approximate surface area is 117 Å². The molecule has 0 aromatic heterocycles. The molecule has 1 rings (SSSR count). The minimum Gasteiger partial charge on any atom is -0.387 e. The van der Waals surface area contributed by atoms with E-state index in [1.54, 1.807) is 13.0 Å². The van der Waals surface area contributed by atoms with Gasteiger partial charge in [-0.2, -0.15) is 5.26 Å². The molecular weight excluding hydrogens is 256 g/mol. The highest BCUT2D eigenvalue weighted by Gasteiger charge is 2.13. The summed E-state index contributed by atoms with van der Waals surface area (Å²) in [5.41, 5.74) is 6.23. The van der Waals surface area contributed by atoms with Gasteiger partial charge in [-0.3, -0.25) is 10.1 Å². The Kier molecular flexibility index (Phi) is 5.78. The predicted molar refractivity (Wildman–Crippen MR) is 74.2 cm³/mol. The van der Waals surface area contributed by atoms with Crippen molar-refractivity contribution in [3.8, 4) is 6.07 Å². The number of carbonyl (C=O) groups excluding carboxylic acids is 2. The summed E-state index contributed by atoms with van der Waals surface area (Å²) in [4.78, 5) is 22.1. The minimum atomic E-state index is -0.986. The van der Waals surface area contributed by atoms with Gasteiger partial charge in [-0.15, -0.1) is 0 Å². The maximum Gasteiger partial charge on any atom is 0.319 e. The van der Waals surface area contributed by atoms with Crippen molar-refractivity contribution < 1.29 is 9.59 Å². The molecule has 0 aliphatic carbocycles. The van der Waals surface area contributed by atoms with E-state index in [1.165, 1.54) is 0 Å². The molecule has 0 atom stereocenters. The molecule has 1 aromatic rings. The average Bonchev–Trinajstić information content (AvgIpc) is 2.40. The number of urea groups is 1. The average molecular weight is 272 g/mol. The van der Waals surface area contributed by atoms with Crippen LogP contribution in [0.15, 0.2) is 41.6 Å². The van der Waals surface area contributed by atoms with Crippen LogP contribution in [-0.2, 0) is 11.2 Å². The molecule has 6 heteroatoms. The van der Waals surface area contributed by atoms with Crippen LogP contribution in [0.5, 0.6) is 0 Å². The molecular formula is C14H16N4O2. The van der Waals surface area contributed by atoms with E-state index in [9.17, 15) is 9.59 Å². The molecule has 0 heterocycles. The summed E-state index contributed by atoms with van der Waals surface area (Å²) in [5.74, 6) is -0.801. The van der Waals surface area contributed by atoms with E-state index < -0.39 is 11.9 Å². The van der Waals surface area contributed by atoms with Gasteiger partial charge in [-0.25, -0.2) is 4.79 Å². The Morgan fingerprint density at radius 1 is 1.30 bits per heavy atom. The monoisotopic (exact) mass is 272 g/mol. The summed E-state index contributed by atoms with van der Waals surface area (Å²) in [6.45, 7) is 2.18. The number of allylic oxidation sites excluding steroid dienone is 1. The van der Waals surface area contributed by atoms with Gasteiger partial charge in [0.2, 0.25) is 0 Å². The molecule has 0 bridgehead atoms. The van der Waals surface area contributed by atoms with Gasteiger partial charge in [-0.05, 0) is 18.9 Å². The fourth-order valence-electron chi connectivity index (χ4n) is 1.61. The van der Waals surface area contributed by atoms with Crippen molar-refractivity contribution in [3.63, 3.8) is 0 Å². The molecule has 3 amide bonds. The van der Waals surface area contributed by atoms with Crippen LogP contribution in [0.1, 0.15) is 12.5 Å². The first-order valence-corrected chi connectivity index (χ1v) is 6.04. The van der Waals surface area contributed by atoms with E-state index in [4.69, 9.17) is 11.0 Å². The Morgan fingerprint density at radius 3 is 2.50 bits per heavy atom. The van der Waals surface area contributed by atoms with Crippen molar-refractivity contribution in [2.45, 2.75) is 13.3 Å². The lowest BCUT2D eigenvalue weighted by Crippen LogP contribution is -2.36. The highest BCUT2D eigenvalue weighted by atomic mass is 16.2. The normalized spacial score (nSPS) is 11.0. The number of primary amides is 1. The van der Waals surface area contributed by atoms with Crippen molar-refractivity contribution in [3.05, 3.63) is 47.2 Å². The number of benzene rings is 1. The summed E-state index contributed by atoms with van der Waals surface area (Å²) in [5, 5.41) is 13.8. The number of rotatable bonds is 5. The third-order valence-corrected chi connectivity index (χ3v) is 2.60. The van der Waals surface area contributed by atoms with Gasteiger partial charge in [0.25, 0.3) is 5.91 Å². The van der Waals surface area contributed by atoms with Crippen molar-refractivity contribution >= 4 is 11.9 Å². The number of nitriles is 1. The molecule has 0 saturated heterocycles. The van der Waals surface area contributed by atoms with Gasteiger partial charge in [0.05, 0.1) is 0 Å². The second-order valence-electron chi connectivity index (χ2n) is 4.09. The van der Waals surface area contributed by atoms with E-state index in [0.717, 1.165) is 12.0 Å². The van der Waals surface area contributed by atoms with Crippen molar-refractivity contribution in [1.82, 2.24) is 10.6 Å². The zero-order valence-electron chi connectivity index (χ0n) is 11.1. The standard InChI is InChI=1S/C14H16N4O2/c1-10(12(9-15)13(19)18-14(16)20)17-8-7-11-5-3-2-4-6-11/h2-6,17H,7-8H2,1H3,(H3,16,18,19,20)/b12-10+. The third kappa shape index (κ3) is 4.82. The van der Waals surface area contributed by atoms with Gasteiger partial charge in [0.15, 0.2) is 0 Å². The topological polar surface area (TPSA) is 108 Å². The van der Waals surface area contributed by atoms with Crippen LogP contribution in [0, 0.1) is 11.3 Å². The van der Waals surface area contributed by atoms with Crippen molar-refractivity contribution in [1.29, 1.82) is 5.26 Å². The quantitative estimate of drug-likeness (QED) is 0.544. The maximum absolute atomic E-state index is 11.5. The minimum absolute atomic E-state index is 0.156. The molecule has 1 aromatic carbocycles. The highest BCUT2D eigenvalue weighted by molar-refractivity contribution is 6.06. The summed E-state index contributed by atoms with van der Waals surface area (Å²) < 4.78 is 0. The molecule has 0 unspecified atom stereocenters.